The Morgan fingerprint density at radius 3 is 2.44 bits per heavy atom. The lowest BCUT2D eigenvalue weighted by Crippen LogP contribution is -2.41. The molecule has 2 aromatic carbocycles. The molecule has 4 rings (SSSR count). The monoisotopic (exact) mass is 483 g/mol. The van der Waals surface area contributed by atoms with Crippen LogP contribution in [0.15, 0.2) is 59.6 Å². The van der Waals surface area contributed by atoms with E-state index >= 15 is 0 Å². The van der Waals surface area contributed by atoms with E-state index < -0.39 is 21.7 Å². The number of rotatable bonds is 8. The van der Waals surface area contributed by atoms with E-state index in [-0.39, 0.29) is 16.9 Å². The molecule has 3 aromatic rings. The molecule has 1 aliphatic rings. The summed E-state index contributed by atoms with van der Waals surface area (Å²) in [6, 6.07) is 14.1. The highest BCUT2D eigenvalue weighted by Crippen LogP contribution is 2.37. The van der Waals surface area contributed by atoms with Gasteiger partial charge in [0.05, 0.1) is 22.7 Å². The molecule has 1 amide bonds. The number of hydrogen-bond donors (Lipinski definition) is 4. The van der Waals surface area contributed by atoms with Crippen LogP contribution in [0.25, 0.3) is 11.1 Å². The fourth-order valence-corrected chi connectivity index (χ4v) is 5.97. The van der Waals surface area contributed by atoms with E-state index in [4.69, 9.17) is 0 Å². The zero-order chi connectivity index (χ0) is 24.3. The number of carbonyl (C=O) groups is 1. The van der Waals surface area contributed by atoms with Crippen LogP contribution in [-0.4, -0.2) is 35.0 Å². The Hall–Kier alpha value is -3.24. The standard InChI is InChI=1S/C24H29N5O4S/c1-24(2,21-15-25-29-27-21)28-34(32,33)20-12-10-16(11-13-20)18-8-5-9-19(14-18)22(26-23(30)31)17-6-3-4-7-17/h5,8-15,17,22,26,28H,3-4,6-7H2,1-2H3,(H,30,31)(H,25,27,29). The Morgan fingerprint density at radius 1 is 1.12 bits per heavy atom. The van der Waals surface area contributed by atoms with Gasteiger partial charge in [-0.25, -0.2) is 13.2 Å². The maximum atomic E-state index is 13.0. The zero-order valence-electron chi connectivity index (χ0n) is 19.2. The second-order valence-corrected chi connectivity index (χ2v) is 10.9. The lowest BCUT2D eigenvalue weighted by molar-refractivity contribution is 0.184. The van der Waals surface area contributed by atoms with Crippen molar-refractivity contribution in [2.75, 3.05) is 0 Å². The number of nitrogens with zero attached hydrogens (tertiary/aromatic N) is 2. The van der Waals surface area contributed by atoms with Gasteiger partial charge in [-0.1, -0.05) is 43.2 Å². The van der Waals surface area contributed by atoms with Crippen LogP contribution in [0.1, 0.15) is 56.8 Å². The lowest BCUT2D eigenvalue weighted by atomic mass is 9.90. The van der Waals surface area contributed by atoms with E-state index in [1.165, 1.54) is 6.20 Å². The van der Waals surface area contributed by atoms with Crippen LogP contribution in [0.5, 0.6) is 0 Å². The van der Waals surface area contributed by atoms with Gasteiger partial charge >= 0.3 is 6.09 Å². The van der Waals surface area contributed by atoms with Crippen molar-refractivity contribution in [2.45, 2.75) is 56.0 Å². The Balaban J connectivity index is 1.56. The molecule has 34 heavy (non-hydrogen) atoms. The largest absolute Gasteiger partial charge is 0.465 e. The molecular weight excluding hydrogens is 454 g/mol. The minimum atomic E-state index is -3.80. The Morgan fingerprint density at radius 2 is 1.82 bits per heavy atom. The summed E-state index contributed by atoms with van der Waals surface area (Å²) >= 11 is 0. The minimum absolute atomic E-state index is 0.139. The maximum absolute atomic E-state index is 13.0. The second kappa shape index (κ2) is 9.55. The fourth-order valence-electron chi connectivity index (χ4n) is 4.59. The van der Waals surface area contributed by atoms with Crippen LogP contribution in [0.4, 0.5) is 4.79 Å². The number of sulfonamides is 1. The van der Waals surface area contributed by atoms with E-state index in [2.05, 4.69) is 25.4 Å². The van der Waals surface area contributed by atoms with Gasteiger partial charge in [-0.3, -0.25) is 0 Å². The minimum Gasteiger partial charge on any atom is -0.465 e. The van der Waals surface area contributed by atoms with E-state index in [1.54, 1.807) is 38.1 Å². The van der Waals surface area contributed by atoms with Crippen LogP contribution >= 0.6 is 0 Å². The molecule has 0 spiro atoms. The van der Waals surface area contributed by atoms with Gasteiger partial charge in [-0.15, -0.1) is 0 Å². The average molecular weight is 484 g/mol. The van der Waals surface area contributed by atoms with Gasteiger partial charge in [0.1, 0.15) is 5.69 Å². The van der Waals surface area contributed by atoms with Crippen molar-refractivity contribution in [3.8, 4) is 11.1 Å². The smallest absolute Gasteiger partial charge is 0.405 e. The number of benzene rings is 2. The van der Waals surface area contributed by atoms with E-state index in [0.717, 1.165) is 42.4 Å². The molecule has 180 valence electrons. The number of aromatic nitrogens is 3. The molecule has 1 aromatic heterocycles. The van der Waals surface area contributed by atoms with Crippen LogP contribution < -0.4 is 10.0 Å². The predicted molar refractivity (Wildman–Crippen MR) is 127 cm³/mol. The molecule has 9 nitrogen and oxygen atoms in total. The summed E-state index contributed by atoms with van der Waals surface area (Å²) in [5.41, 5.74) is 2.20. The van der Waals surface area contributed by atoms with Gasteiger partial charge in [0.15, 0.2) is 0 Å². The molecule has 1 aliphatic carbocycles. The molecule has 0 radical (unpaired) electrons. The van der Waals surface area contributed by atoms with Crippen LogP contribution in [0.3, 0.4) is 0 Å². The SMILES string of the molecule is CC(C)(NS(=O)(=O)c1ccc(-c2cccc(C(NC(=O)O)C3CCCC3)c2)cc1)c1cn[nH]n1. The fraction of sp³-hybridized carbons (Fsp3) is 0.375. The first-order chi connectivity index (χ1) is 16.2. The van der Waals surface area contributed by atoms with E-state index in [1.807, 2.05) is 24.3 Å². The predicted octanol–water partition coefficient (Wildman–Crippen LogP) is 4.18. The summed E-state index contributed by atoms with van der Waals surface area (Å²) < 4.78 is 28.6. The van der Waals surface area contributed by atoms with Gasteiger partial charge in [0.2, 0.25) is 10.0 Å². The Labute approximate surface area is 199 Å². The summed E-state index contributed by atoms with van der Waals surface area (Å²) in [7, 11) is -3.80. The first-order valence-electron chi connectivity index (χ1n) is 11.3. The van der Waals surface area contributed by atoms with Crippen molar-refractivity contribution in [3.63, 3.8) is 0 Å². The number of H-pyrrole nitrogens is 1. The quantitative estimate of drug-likeness (QED) is 0.379. The Kier molecular flexibility index (Phi) is 6.72. The molecule has 10 heteroatoms. The van der Waals surface area contributed by atoms with E-state index in [9.17, 15) is 18.3 Å². The molecule has 0 saturated heterocycles. The molecule has 1 fully saturated rings. The van der Waals surface area contributed by atoms with Crippen molar-refractivity contribution in [2.24, 2.45) is 5.92 Å². The molecule has 1 unspecified atom stereocenters. The van der Waals surface area contributed by atoms with Crippen LogP contribution in [-0.2, 0) is 15.6 Å². The third-order valence-corrected chi connectivity index (χ3v) is 8.01. The maximum Gasteiger partial charge on any atom is 0.405 e. The van der Waals surface area contributed by atoms with Crippen molar-refractivity contribution in [3.05, 3.63) is 66.0 Å². The number of aromatic amines is 1. The third-order valence-electron chi connectivity index (χ3n) is 6.34. The number of nitrogens with one attached hydrogen (secondary N) is 3. The van der Waals surface area contributed by atoms with Crippen molar-refractivity contribution < 1.29 is 18.3 Å². The highest BCUT2D eigenvalue weighted by Gasteiger charge is 2.30. The van der Waals surface area contributed by atoms with Crippen LogP contribution in [0, 0.1) is 5.92 Å². The summed E-state index contributed by atoms with van der Waals surface area (Å²) in [5.74, 6) is 0.276. The van der Waals surface area contributed by atoms with Crippen molar-refractivity contribution in [1.29, 1.82) is 0 Å². The van der Waals surface area contributed by atoms with Gasteiger partial charge in [0, 0.05) is 0 Å². The summed E-state index contributed by atoms with van der Waals surface area (Å²) in [5, 5.41) is 22.3. The molecule has 0 aliphatic heterocycles. The molecular formula is C24H29N5O4S. The molecule has 1 atom stereocenters. The zero-order valence-corrected chi connectivity index (χ0v) is 20.0. The van der Waals surface area contributed by atoms with Gasteiger partial charge in [-0.05, 0) is 67.5 Å². The van der Waals surface area contributed by atoms with Crippen molar-refractivity contribution in [1.82, 2.24) is 25.4 Å². The third kappa shape index (κ3) is 5.28. The van der Waals surface area contributed by atoms with Gasteiger partial charge < -0.3 is 10.4 Å². The van der Waals surface area contributed by atoms with Gasteiger partial charge in [-0.2, -0.15) is 20.1 Å². The number of hydrogen-bond acceptors (Lipinski definition) is 5. The first-order valence-corrected chi connectivity index (χ1v) is 12.7. The average Bonchev–Trinajstić information content (AvgIpc) is 3.52. The molecule has 1 heterocycles. The highest BCUT2D eigenvalue weighted by molar-refractivity contribution is 7.89. The number of carboxylic acid groups (broad SMARTS) is 1. The van der Waals surface area contributed by atoms with E-state index in [0.29, 0.717) is 5.69 Å². The number of amides is 1. The van der Waals surface area contributed by atoms with Crippen LogP contribution in [0.2, 0.25) is 0 Å². The first kappa shape index (κ1) is 23.9. The lowest BCUT2D eigenvalue weighted by Gasteiger charge is -2.24. The molecule has 4 N–H and O–H groups in total. The molecule has 0 bridgehead atoms. The summed E-state index contributed by atoms with van der Waals surface area (Å²) in [6.45, 7) is 3.43. The summed E-state index contributed by atoms with van der Waals surface area (Å²) in [6.07, 6.45) is 4.67. The highest BCUT2D eigenvalue weighted by atomic mass is 32.2. The Bertz CT molecular complexity index is 1230. The topological polar surface area (TPSA) is 137 Å². The second-order valence-electron chi connectivity index (χ2n) is 9.21. The van der Waals surface area contributed by atoms with Gasteiger partial charge in [0.25, 0.3) is 0 Å². The normalized spacial score (nSPS) is 15.8. The summed E-state index contributed by atoms with van der Waals surface area (Å²) in [4.78, 5) is 11.6. The van der Waals surface area contributed by atoms with Crippen molar-refractivity contribution >= 4 is 16.1 Å². The molecule has 1 saturated carbocycles.